The SMILES string of the molecule is Cc1cc([N+](=O)[O-])nn1CCNC(=O)C(F)(F)F. The molecule has 0 aliphatic rings. The first-order valence-corrected chi connectivity index (χ1v) is 4.75. The Labute approximate surface area is 98.7 Å². The van der Waals surface area contributed by atoms with Crippen molar-refractivity contribution >= 4 is 11.7 Å². The van der Waals surface area contributed by atoms with Crippen LogP contribution in [0.2, 0.25) is 0 Å². The van der Waals surface area contributed by atoms with Gasteiger partial charge in [0, 0.05) is 6.54 Å². The standard InChI is InChI=1S/C8H9F3N4O3/c1-5-4-6(15(17)18)13-14(5)3-2-12-7(16)8(9,10)11/h4H,2-3H2,1H3,(H,12,16). The largest absolute Gasteiger partial charge is 0.471 e. The van der Waals surface area contributed by atoms with Crippen LogP contribution in [0.3, 0.4) is 0 Å². The van der Waals surface area contributed by atoms with Gasteiger partial charge in [0.05, 0.1) is 23.4 Å². The lowest BCUT2D eigenvalue weighted by Crippen LogP contribution is -2.38. The second-order valence-electron chi connectivity index (χ2n) is 3.38. The van der Waals surface area contributed by atoms with E-state index in [0.717, 1.165) is 4.68 Å². The Bertz CT molecular complexity index is 469. The van der Waals surface area contributed by atoms with Gasteiger partial charge in [0.1, 0.15) is 0 Å². The van der Waals surface area contributed by atoms with Gasteiger partial charge in [-0.25, -0.2) is 0 Å². The summed E-state index contributed by atoms with van der Waals surface area (Å²) in [5.41, 5.74) is 0.419. The zero-order valence-electron chi connectivity index (χ0n) is 9.19. The van der Waals surface area contributed by atoms with Gasteiger partial charge >= 0.3 is 17.9 Å². The summed E-state index contributed by atoms with van der Waals surface area (Å²) in [4.78, 5) is 20.2. The van der Waals surface area contributed by atoms with Crippen LogP contribution in [0.4, 0.5) is 19.0 Å². The van der Waals surface area contributed by atoms with E-state index in [-0.39, 0.29) is 13.1 Å². The molecular formula is C8H9F3N4O3. The lowest BCUT2D eigenvalue weighted by molar-refractivity contribution is -0.389. The molecule has 100 valence electrons. The minimum Gasteiger partial charge on any atom is -0.358 e. The van der Waals surface area contributed by atoms with Crippen molar-refractivity contribution in [3.63, 3.8) is 0 Å². The number of hydrogen-bond acceptors (Lipinski definition) is 4. The molecule has 1 aromatic heterocycles. The molecular weight excluding hydrogens is 257 g/mol. The Balaban J connectivity index is 2.55. The third-order valence-corrected chi connectivity index (χ3v) is 2.02. The Morgan fingerprint density at radius 3 is 2.67 bits per heavy atom. The Morgan fingerprint density at radius 1 is 1.61 bits per heavy atom. The van der Waals surface area contributed by atoms with Gasteiger partial charge in [-0.2, -0.15) is 17.9 Å². The minimum atomic E-state index is -4.94. The van der Waals surface area contributed by atoms with Gasteiger partial charge in [-0.15, -0.1) is 0 Å². The Hall–Kier alpha value is -2.13. The van der Waals surface area contributed by atoms with Crippen LogP contribution in [0.15, 0.2) is 6.07 Å². The number of carbonyl (C=O) groups excluding carboxylic acids is 1. The predicted octanol–water partition coefficient (Wildman–Crippen LogP) is 0.778. The molecule has 7 nitrogen and oxygen atoms in total. The molecule has 0 radical (unpaired) electrons. The topological polar surface area (TPSA) is 90.1 Å². The van der Waals surface area contributed by atoms with E-state index < -0.39 is 22.8 Å². The maximum Gasteiger partial charge on any atom is 0.471 e. The first kappa shape index (κ1) is 13.9. The van der Waals surface area contributed by atoms with Gasteiger partial charge in [-0.1, -0.05) is 0 Å². The second-order valence-corrected chi connectivity index (χ2v) is 3.38. The highest BCUT2D eigenvalue weighted by Crippen LogP contribution is 2.14. The van der Waals surface area contributed by atoms with Crippen LogP contribution in [0.1, 0.15) is 5.69 Å². The van der Waals surface area contributed by atoms with Crippen LogP contribution in [-0.2, 0) is 11.3 Å². The highest BCUT2D eigenvalue weighted by atomic mass is 19.4. The van der Waals surface area contributed by atoms with E-state index >= 15 is 0 Å². The summed E-state index contributed by atoms with van der Waals surface area (Å²) in [5.74, 6) is -2.45. The van der Waals surface area contributed by atoms with E-state index in [1.54, 1.807) is 5.32 Å². The maximum absolute atomic E-state index is 11.8. The van der Waals surface area contributed by atoms with E-state index in [1.807, 2.05) is 0 Å². The smallest absolute Gasteiger partial charge is 0.358 e. The van der Waals surface area contributed by atoms with Gasteiger partial charge in [-0.05, 0) is 11.8 Å². The van der Waals surface area contributed by atoms with Crippen molar-refractivity contribution in [3.8, 4) is 0 Å². The zero-order valence-corrected chi connectivity index (χ0v) is 9.19. The first-order chi connectivity index (χ1) is 8.21. The van der Waals surface area contributed by atoms with Crippen LogP contribution in [-0.4, -0.2) is 33.3 Å². The molecule has 0 fully saturated rings. The summed E-state index contributed by atoms with van der Waals surface area (Å²) >= 11 is 0. The molecule has 0 bridgehead atoms. The molecule has 10 heteroatoms. The fourth-order valence-corrected chi connectivity index (χ4v) is 1.18. The summed E-state index contributed by atoms with van der Waals surface area (Å²) in [5, 5.41) is 15.6. The van der Waals surface area contributed by atoms with Crippen LogP contribution in [0.25, 0.3) is 0 Å². The molecule has 1 rings (SSSR count). The molecule has 1 aromatic rings. The summed E-state index contributed by atoms with van der Waals surface area (Å²) in [6.07, 6.45) is -4.94. The summed E-state index contributed by atoms with van der Waals surface area (Å²) in [6, 6.07) is 1.19. The van der Waals surface area contributed by atoms with Crippen molar-refractivity contribution in [2.75, 3.05) is 6.54 Å². The van der Waals surface area contributed by atoms with Gasteiger partial charge in [0.25, 0.3) is 0 Å². The van der Waals surface area contributed by atoms with Crippen molar-refractivity contribution in [1.29, 1.82) is 0 Å². The molecule has 0 spiro atoms. The second kappa shape index (κ2) is 5.02. The number of rotatable bonds is 4. The van der Waals surface area contributed by atoms with E-state index in [9.17, 15) is 28.1 Å². The average Bonchev–Trinajstić information content (AvgIpc) is 2.59. The average molecular weight is 266 g/mol. The van der Waals surface area contributed by atoms with E-state index in [4.69, 9.17) is 0 Å². The third kappa shape index (κ3) is 3.43. The minimum absolute atomic E-state index is 0.0819. The van der Waals surface area contributed by atoms with Crippen molar-refractivity contribution in [2.24, 2.45) is 0 Å². The van der Waals surface area contributed by atoms with Crippen molar-refractivity contribution in [1.82, 2.24) is 15.1 Å². The number of nitro groups is 1. The van der Waals surface area contributed by atoms with Gasteiger partial charge in [-0.3, -0.25) is 4.79 Å². The number of hydrogen-bond donors (Lipinski definition) is 1. The molecule has 0 saturated heterocycles. The molecule has 18 heavy (non-hydrogen) atoms. The lowest BCUT2D eigenvalue weighted by Gasteiger charge is -2.06. The number of amides is 1. The maximum atomic E-state index is 11.8. The van der Waals surface area contributed by atoms with Crippen molar-refractivity contribution in [3.05, 3.63) is 21.9 Å². The van der Waals surface area contributed by atoms with Crippen LogP contribution >= 0.6 is 0 Å². The van der Waals surface area contributed by atoms with Crippen LogP contribution < -0.4 is 5.32 Å². The summed E-state index contributed by atoms with van der Waals surface area (Å²) in [7, 11) is 0. The lowest BCUT2D eigenvalue weighted by atomic mass is 10.4. The molecule has 1 N–H and O–H groups in total. The van der Waals surface area contributed by atoms with Crippen molar-refractivity contribution < 1.29 is 22.9 Å². The number of nitrogens with one attached hydrogen (secondary N) is 1. The fourth-order valence-electron chi connectivity index (χ4n) is 1.18. The predicted molar refractivity (Wildman–Crippen MR) is 52.7 cm³/mol. The summed E-state index contributed by atoms with van der Waals surface area (Å²) in [6.45, 7) is 1.12. The van der Waals surface area contributed by atoms with Gasteiger partial charge in [0.15, 0.2) is 0 Å². The van der Waals surface area contributed by atoms with Gasteiger partial charge in [0.2, 0.25) is 0 Å². The van der Waals surface area contributed by atoms with Gasteiger partial charge < -0.3 is 15.4 Å². The van der Waals surface area contributed by atoms with E-state index in [2.05, 4.69) is 5.10 Å². The molecule has 0 aromatic carbocycles. The monoisotopic (exact) mass is 266 g/mol. The molecule has 0 aliphatic carbocycles. The fraction of sp³-hybridized carbons (Fsp3) is 0.500. The van der Waals surface area contributed by atoms with E-state index in [1.165, 1.54) is 13.0 Å². The molecule has 0 aliphatic heterocycles. The zero-order chi connectivity index (χ0) is 13.9. The molecule has 1 amide bonds. The third-order valence-electron chi connectivity index (χ3n) is 2.02. The molecule has 0 unspecified atom stereocenters. The van der Waals surface area contributed by atoms with Crippen molar-refractivity contribution in [2.45, 2.75) is 19.6 Å². The summed E-state index contributed by atoms with van der Waals surface area (Å²) < 4.78 is 36.7. The molecule has 1 heterocycles. The van der Waals surface area contributed by atoms with E-state index in [0.29, 0.717) is 5.69 Å². The number of aryl methyl sites for hydroxylation is 1. The molecule has 0 saturated carbocycles. The highest BCUT2D eigenvalue weighted by Gasteiger charge is 2.38. The number of carbonyl (C=O) groups is 1. The number of alkyl halides is 3. The Morgan fingerprint density at radius 2 is 2.22 bits per heavy atom. The molecule has 0 atom stereocenters. The Kier molecular flexibility index (Phi) is 3.89. The highest BCUT2D eigenvalue weighted by molar-refractivity contribution is 5.81. The quantitative estimate of drug-likeness (QED) is 0.644. The number of halogens is 3. The normalized spacial score (nSPS) is 11.3. The number of aromatic nitrogens is 2. The first-order valence-electron chi connectivity index (χ1n) is 4.75. The number of nitrogens with zero attached hydrogens (tertiary/aromatic N) is 3. The van der Waals surface area contributed by atoms with Crippen LogP contribution in [0.5, 0.6) is 0 Å². The van der Waals surface area contributed by atoms with Crippen LogP contribution in [0, 0.1) is 17.0 Å².